The summed E-state index contributed by atoms with van der Waals surface area (Å²) < 4.78 is 4.61. The van der Waals surface area contributed by atoms with Crippen molar-refractivity contribution in [2.75, 3.05) is 7.11 Å². The lowest BCUT2D eigenvalue weighted by atomic mass is 10.3. The predicted molar refractivity (Wildman–Crippen MR) is 58.4 cm³/mol. The van der Waals surface area contributed by atoms with Crippen molar-refractivity contribution in [3.63, 3.8) is 0 Å². The van der Waals surface area contributed by atoms with Gasteiger partial charge in [0.2, 0.25) is 0 Å². The predicted octanol–water partition coefficient (Wildman–Crippen LogP) is 2.73. The van der Waals surface area contributed by atoms with Crippen molar-refractivity contribution in [3.8, 4) is 0 Å². The van der Waals surface area contributed by atoms with E-state index in [2.05, 4.69) is 4.74 Å². The lowest BCUT2D eigenvalue weighted by Crippen LogP contribution is -2.08. The highest BCUT2D eigenvalue weighted by Gasteiger charge is 2.09. The molecule has 0 aromatic heterocycles. The smallest absolute Gasteiger partial charge is 0.306 e. The van der Waals surface area contributed by atoms with E-state index in [1.54, 1.807) is 11.8 Å². The van der Waals surface area contributed by atoms with Crippen molar-refractivity contribution < 1.29 is 9.53 Å². The zero-order chi connectivity index (χ0) is 10.4. The van der Waals surface area contributed by atoms with E-state index in [4.69, 9.17) is 0 Å². The third-order valence-corrected chi connectivity index (χ3v) is 2.88. The SMILES string of the molecule is COC(=O)CC(C)Sc1ccccc1. The normalized spacial score (nSPS) is 12.1. The maximum atomic E-state index is 11.0. The molecule has 0 heterocycles. The molecule has 1 aromatic carbocycles. The molecule has 0 radical (unpaired) electrons. The first-order valence-electron chi connectivity index (χ1n) is 4.51. The highest BCUT2D eigenvalue weighted by Crippen LogP contribution is 2.24. The second-order valence-corrected chi connectivity index (χ2v) is 4.53. The van der Waals surface area contributed by atoms with E-state index in [9.17, 15) is 4.79 Å². The number of carbonyl (C=O) groups is 1. The molecule has 1 unspecified atom stereocenters. The molecule has 2 nitrogen and oxygen atoms in total. The monoisotopic (exact) mass is 210 g/mol. The van der Waals surface area contributed by atoms with Crippen LogP contribution in [0.2, 0.25) is 0 Å². The summed E-state index contributed by atoms with van der Waals surface area (Å²) in [6, 6.07) is 10.0. The van der Waals surface area contributed by atoms with Crippen molar-refractivity contribution in [1.29, 1.82) is 0 Å². The van der Waals surface area contributed by atoms with Gasteiger partial charge >= 0.3 is 5.97 Å². The number of esters is 1. The van der Waals surface area contributed by atoms with Crippen LogP contribution in [0.1, 0.15) is 13.3 Å². The number of thioether (sulfide) groups is 1. The quantitative estimate of drug-likeness (QED) is 0.564. The van der Waals surface area contributed by atoms with Gasteiger partial charge in [0, 0.05) is 10.1 Å². The Balaban J connectivity index is 2.41. The molecule has 0 bridgehead atoms. The molecular formula is C11H14O2S. The molecule has 0 N–H and O–H groups in total. The summed E-state index contributed by atoms with van der Waals surface area (Å²) in [5, 5.41) is 0.254. The second kappa shape index (κ2) is 5.70. The van der Waals surface area contributed by atoms with Crippen LogP contribution in [-0.4, -0.2) is 18.3 Å². The van der Waals surface area contributed by atoms with Gasteiger partial charge in [0.1, 0.15) is 0 Å². The molecule has 0 spiro atoms. The van der Waals surface area contributed by atoms with Gasteiger partial charge in [-0.3, -0.25) is 4.79 Å². The van der Waals surface area contributed by atoms with Gasteiger partial charge in [-0.05, 0) is 12.1 Å². The van der Waals surface area contributed by atoms with Crippen LogP contribution < -0.4 is 0 Å². The first-order chi connectivity index (χ1) is 6.72. The van der Waals surface area contributed by atoms with Gasteiger partial charge < -0.3 is 4.74 Å². The molecule has 0 saturated heterocycles. The average Bonchev–Trinajstić information content (AvgIpc) is 2.19. The third kappa shape index (κ3) is 3.83. The van der Waals surface area contributed by atoms with Gasteiger partial charge in [-0.1, -0.05) is 25.1 Å². The summed E-state index contributed by atoms with van der Waals surface area (Å²) in [4.78, 5) is 12.2. The Morgan fingerprint density at radius 3 is 2.64 bits per heavy atom. The Kier molecular flexibility index (Phi) is 4.53. The van der Waals surface area contributed by atoms with E-state index in [1.165, 1.54) is 12.0 Å². The highest BCUT2D eigenvalue weighted by atomic mass is 32.2. The van der Waals surface area contributed by atoms with E-state index in [1.807, 2.05) is 37.3 Å². The van der Waals surface area contributed by atoms with Crippen LogP contribution in [0.5, 0.6) is 0 Å². The average molecular weight is 210 g/mol. The zero-order valence-corrected chi connectivity index (χ0v) is 9.21. The van der Waals surface area contributed by atoms with E-state index < -0.39 is 0 Å². The van der Waals surface area contributed by atoms with Crippen molar-refractivity contribution in [3.05, 3.63) is 30.3 Å². The van der Waals surface area contributed by atoms with Crippen LogP contribution >= 0.6 is 11.8 Å². The van der Waals surface area contributed by atoms with Crippen LogP contribution in [0.25, 0.3) is 0 Å². The van der Waals surface area contributed by atoms with E-state index in [0.29, 0.717) is 6.42 Å². The molecule has 0 saturated carbocycles. The van der Waals surface area contributed by atoms with E-state index in [0.717, 1.165) is 0 Å². The first kappa shape index (κ1) is 11.1. The molecule has 0 amide bonds. The Morgan fingerprint density at radius 2 is 2.07 bits per heavy atom. The molecular weight excluding hydrogens is 196 g/mol. The summed E-state index contributed by atoms with van der Waals surface area (Å²) in [6.45, 7) is 2.02. The van der Waals surface area contributed by atoms with Crippen molar-refractivity contribution in [2.45, 2.75) is 23.5 Å². The van der Waals surface area contributed by atoms with Gasteiger partial charge in [-0.25, -0.2) is 0 Å². The number of benzene rings is 1. The highest BCUT2D eigenvalue weighted by molar-refractivity contribution is 8.00. The lowest BCUT2D eigenvalue weighted by molar-refractivity contribution is -0.140. The summed E-state index contributed by atoms with van der Waals surface area (Å²) >= 11 is 1.69. The molecule has 0 aliphatic rings. The number of rotatable bonds is 4. The molecule has 0 fully saturated rings. The van der Waals surface area contributed by atoms with Crippen molar-refractivity contribution in [2.24, 2.45) is 0 Å². The van der Waals surface area contributed by atoms with E-state index in [-0.39, 0.29) is 11.2 Å². The van der Waals surface area contributed by atoms with Crippen LogP contribution in [0.3, 0.4) is 0 Å². The lowest BCUT2D eigenvalue weighted by Gasteiger charge is -2.08. The summed E-state index contributed by atoms with van der Waals surface area (Å²) in [5.74, 6) is -0.152. The zero-order valence-electron chi connectivity index (χ0n) is 8.40. The minimum Gasteiger partial charge on any atom is -0.469 e. The molecule has 1 atom stereocenters. The maximum Gasteiger partial charge on any atom is 0.306 e. The fourth-order valence-electron chi connectivity index (χ4n) is 1.09. The molecule has 14 heavy (non-hydrogen) atoms. The number of hydrogen-bond acceptors (Lipinski definition) is 3. The first-order valence-corrected chi connectivity index (χ1v) is 5.39. The Morgan fingerprint density at radius 1 is 1.43 bits per heavy atom. The molecule has 0 aliphatic heterocycles. The van der Waals surface area contributed by atoms with Gasteiger partial charge in [0.25, 0.3) is 0 Å². The van der Waals surface area contributed by atoms with Gasteiger partial charge in [-0.15, -0.1) is 11.8 Å². The molecule has 1 rings (SSSR count). The Hall–Kier alpha value is -0.960. The number of methoxy groups -OCH3 is 1. The van der Waals surface area contributed by atoms with Gasteiger partial charge in [0.05, 0.1) is 13.5 Å². The molecule has 3 heteroatoms. The fourth-order valence-corrected chi connectivity index (χ4v) is 2.09. The van der Waals surface area contributed by atoms with Gasteiger partial charge in [0.15, 0.2) is 0 Å². The fraction of sp³-hybridized carbons (Fsp3) is 0.364. The minimum absolute atomic E-state index is 0.152. The van der Waals surface area contributed by atoms with E-state index >= 15 is 0 Å². The van der Waals surface area contributed by atoms with Crippen LogP contribution in [-0.2, 0) is 9.53 Å². The Bertz CT molecular complexity index is 285. The Labute approximate surface area is 88.7 Å². The van der Waals surface area contributed by atoms with Crippen LogP contribution in [0.15, 0.2) is 35.2 Å². The summed E-state index contributed by atoms with van der Waals surface area (Å²) in [5.41, 5.74) is 0. The second-order valence-electron chi connectivity index (χ2n) is 3.02. The molecule has 76 valence electrons. The van der Waals surface area contributed by atoms with Gasteiger partial charge in [-0.2, -0.15) is 0 Å². The van der Waals surface area contributed by atoms with Crippen LogP contribution in [0.4, 0.5) is 0 Å². The third-order valence-electron chi connectivity index (χ3n) is 1.76. The number of ether oxygens (including phenoxy) is 1. The van der Waals surface area contributed by atoms with Crippen LogP contribution in [0, 0.1) is 0 Å². The van der Waals surface area contributed by atoms with Crippen molar-refractivity contribution >= 4 is 17.7 Å². The van der Waals surface area contributed by atoms with Crippen molar-refractivity contribution in [1.82, 2.24) is 0 Å². The topological polar surface area (TPSA) is 26.3 Å². The summed E-state index contributed by atoms with van der Waals surface area (Å²) in [7, 11) is 1.42. The maximum absolute atomic E-state index is 11.0. The molecule has 0 aliphatic carbocycles. The largest absolute Gasteiger partial charge is 0.469 e. The number of hydrogen-bond donors (Lipinski definition) is 0. The summed E-state index contributed by atoms with van der Waals surface area (Å²) in [6.07, 6.45) is 0.454. The number of carbonyl (C=O) groups excluding carboxylic acids is 1. The molecule has 1 aromatic rings. The minimum atomic E-state index is -0.152. The standard InChI is InChI=1S/C11H14O2S/c1-9(8-11(12)13-2)14-10-6-4-3-5-7-10/h3-7,9H,8H2,1-2H3.